The van der Waals surface area contributed by atoms with Crippen LogP contribution >= 0.6 is 23.2 Å². The summed E-state index contributed by atoms with van der Waals surface area (Å²) < 4.78 is 14.2. The Bertz CT molecular complexity index is 1260. The Hall–Kier alpha value is -3.03. The van der Waals surface area contributed by atoms with Gasteiger partial charge in [0, 0.05) is 27.4 Å². The lowest BCUT2D eigenvalue weighted by molar-refractivity contribution is 0.628. The summed E-state index contributed by atoms with van der Waals surface area (Å²) in [7, 11) is 0. The van der Waals surface area contributed by atoms with Gasteiger partial charge in [0.1, 0.15) is 11.5 Å². The minimum atomic E-state index is -0.506. The second-order valence-electron chi connectivity index (χ2n) is 5.81. The highest BCUT2D eigenvalue weighted by Gasteiger charge is 2.14. The summed E-state index contributed by atoms with van der Waals surface area (Å²) in [5, 5.41) is 6.18. The average Bonchev–Trinajstić information content (AvgIpc) is 2.92. The Balaban J connectivity index is 1.89. The van der Waals surface area contributed by atoms with Crippen LogP contribution < -0.4 is 16.4 Å². The number of aromatic amines is 2. The zero-order chi connectivity index (χ0) is 19.1. The predicted octanol–water partition coefficient (Wildman–Crippen LogP) is 4.17. The second-order valence-corrected chi connectivity index (χ2v) is 6.68. The fourth-order valence-electron chi connectivity index (χ4n) is 2.73. The summed E-state index contributed by atoms with van der Waals surface area (Å²) in [6.45, 7) is 0. The molecule has 0 spiro atoms. The van der Waals surface area contributed by atoms with Gasteiger partial charge in [0.05, 0.1) is 5.69 Å². The van der Waals surface area contributed by atoms with Crippen LogP contribution in [0, 0.1) is 5.82 Å². The molecule has 0 unspecified atom stereocenters. The Morgan fingerprint density at radius 1 is 0.963 bits per heavy atom. The topological polar surface area (TPSA) is 82.2 Å². The molecule has 0 radical (unpaired) electrons. The zero-order valence-corrected chi connectivity index (χ0v) is 15.0. The fourth-order valence-corrected chi connectivity index (χ4v) is 3.25. The van der Waals surface area contributed by atoms with E-state index in [9.17, 15) is 14.0 Å². The molecule has 4 aromatic rings. The first kappa shape index (κ1) is 17.4. The van der Waals surface area contributed by atoms with E-state index in [-0.39, 0.29) is 11.3 Å². The SMILES string of the molecule is O=c1[nH]n2c(=O)cc(-c3cc(Cl)cc(Cl)c3)[nH]c2c1Nc1ccc(F)cc1. The number of hydrogen-bond acceptors (Lipinski definition) is 3. The van der Waals surface area contributed by atoms with Crippen molar-refractivity contribution in [3.8, 4) is 11.3 Å². The summed E-state index contributed by atoms with van der Waals surface area (Å²) >= 11 is 12.1. The normalized spacial score (nSPS) is 11.1. The van der Waals surface area contributed by atoms with E-state index < -0.39 is 16.9 Å². The number of hydrogen-bond donors (Lipinski definition) is 3. The lowest BCUT2D eigenvalue weighted by Crippen LogP contribution is -2.15. The molecule has 27 heavy (non-hydrogen) atoms. The molecule has 2 heterocycles. The van der Waals surface area contributed by atoms with E-state index in [1.807, 2.05) is 0 Å². The van der Waals surface area contributed by atoms with Crippen molar-refractivity contribution in [3.05, 3.63) is 85.1 Å². The number of rotatable bonds is 3. The number of H-pyrrole nitrogens is 2. The van der Waals surface area contributed by atoms with Crippen molar-refractivity contribution in [3.63, 3.8) is 0 Å². The smallest absolute Gasteiger partial charge is 0.290 e. The summed E-state index contributed by atoms with van der Waals surface area (Å²) in [4.78, 5) is 27.8. The number of fused-ring (bicyclic) bond motifs is 1. The molecule has 6 nitrogen and oxygen atoms in total. The number of benzene rings is 2. The van der Waals surface area contributed by atoms with Crippen molar-refractivity contribution in [1.82, 2.24) is 14.6 Å². The molecular weight excluding hydrogens is 394 g/mol. The van der Waals surface area contributed by atoms with Gasteiger partial charge in [-0.15, -0.1) is 0 Å². The maximum absolute atomic E-state index is 13.1. The number of nitrogens with zero attached hydrogens (tertiary/aromatic N) is 1. The van der Waals surface area contributed by atoms with Crippen molar-refractivity contribution in [2.45, 2.75) is 0 Å². The summed E-state index contributed by atoms with van der Waals surface area (Å²) in [5.74, 6) is -0.398. The van der Waals surface area contributed by atoms with Crippen LogP contribution in [0.2, 0.25) is 10.0 Å². The largest absolute Gasteiger partial charge is 0.348 e. The Morgan fingerprint density at radius 2 is 1.63 bits per heavy atom. The van der Waals surface area contributed by atoms with Gasteiger partial charge >= 0.3 is 0 Å². The number of anilines is 2. The van der Waals surface area contributed by atoms with E-state index in [4.69, 9.17) is 23.2 Å². The molecule has 0 fully saturated rings. The van der Waals surface area contributed by atoms with Crippen molar-refractivity contribution in [2.24, 2.45) is 0 Å². The van der Waals surface area contributed by atoms with Crippen molar-refractivity contribution < 1.29 is 4.39 Å². The van der Waals surface area contributed by atoms with Crippen molar-refractivity contribution in [1.29, 1.82) is 0 Å². The molecule has 136 valence electrons. The molecule has 0 saturated carbocycles. The lowest BCUT2D eigenvalue weighted by atomic mass is 10.1. The third-order valence-electron chi connectivity index (χ3n) is 3.93. The molecular formula is C18H11Cl2FN4O2. The molecule has 2 aromatic carbocycles. The molecule has 0 aliphatic heterocycles. The fraction of sp³-hybridized carbons (Fsp3) is 0. The molecule has 0 aliphatic rings. The van der Waals surface area contributed by atoms with Gasteiger partial charge in [0.25, 0.3) is 11.1 Å². The second kappa shape index (κ2) is 6.61. The number of nitrogens with one attached hydrogen (secondary N) is 3. The first-order valence-electron chi connectivity index (χ1n) is 7.78. The van der Waals surface area contributed by atoms with Crippen LogP contribution in [0.3, 0.4) is 0 Å². The summed E-state index contributed by atoms with van der Waals surface area (Å²) in [5.41, 5.74) is 0.913. The van der Waals surface area contributed by atoms with E-state index in [0.717, 1.165) is 4.52 Å². The van der Waals surface area contributed by atoms with Crippen molar-refractivity contribution in [2.75, 3.05) is 5.32 Å². The van der Waals surface area contributed by atoms with Gasteiger partial charge in [-0.3, -0.25) is 14.7 Å². The highest BCUT2D eigenvalue weighted by molar-refractivity contribution is 6.35. The maximum Gasteiger partial charge on any atom is 0.290 e. The van der Waals surface area contributed by atoms with Crippen LogP contribution in [-0.4, -0.2) is 14.6 Å². The van der Waals surface area contributed by atoms with E-state index >= 15 is 0 Å². The van der Waals surface area contributed by atoms with E-state index in [0.29, 0.717) is 27.0 Å². The van der Waals surface area contributed by atoms with E-state index in [1.54, 1.807) is 18.2 Å². The van der Waals surface area contributed by atoms with Crippen LogP contribution in [0.25, 0.3) is 16.9 Å². The van der Waals surface area contributed by atoms with Crippen LogP contribution in [0.5, 0.6) is 0 Å². The minimum absolute atomic E-state index is 0.119. The lowest BCUT2D eigenvalue weighted by Gasteiger charge is -2.07. The third-order valence-corrected chi connectivity index (χ3v) is 4.37. The highest BCUT2D eigenvalue weighted by atomic mass is 35.5. The van der Waals surface area contributed by atoms with Gasteiger partial charge in [-0.2, -0.15) is 4.52 Å². The summed E-state index contributed by atoms with van der Waals surface area (Å²) in [6.07, 6.45) is 0. The Labute approximate surface area is 161 Å². The van der Waals surface area contributed by atoms with Crippen molar-refractivity contribution >= 4 is 40.2 Å². The maximum atomic E-state index is 13.1. The van der Waals surface area contributed by atoms with Crippen LogP contribution in [0.4, 0.5) is 15.8 Å². The van der Waals surface area contributed by atoms with Gasteiger partial charge in [0.15, 0.2) is 5.65 Å². The quantitative estimate of drug-likeness (QED) is 0.479. The van der Waals surface area contributed by atoms with Gasteiger partial charge in [-0.25, -0.2) is 4.39 Å². The molecule has 0 saturated heterocycles. The summed E-state index contributed by atoms with van der Waals surface area (Å²) in [6, 6.07) is 11.7. The van der Waals surface area contributed by atoms with E-state index in [2.05, 4.69) is 15.4 Å². The number of aromatic nitrogens is 3. The van der Waals surface area contributed by atoms with Gasteiger partial charge in [0.2, 0.25) is 0 Å². The molecule has 4 rings (SSSR count). The Morgan fingerprint density at radius 3 is 2.30 bits per heavy atom. The minimum Gasteiger partial charge on any atom is -0.348 e. The molecule has 0 bridgehead atoms. The van der Waals surface area contributed by atoms with Gasteiger partial charge < -0.3 is 10.3 Å². The predicted molar refractivity (Wildman–Crippen MR) is 104 cm³/mol. The van der Waals surface area contributed by atoms with Crippen LogP contribution in [-0.2, 0) is 0 Å². The standard InChI is InChI=1S/C18H11Cl2FN4O2/c19-10-5-9(6-11(20)7-10)14-8-15(26)25-17(23-14)16(18(27)24-25)22-13-3-1-12(21)2-4-13/h1-8,22-23H,(H,24,27). The highest BCUT2D eigenvalue weighted by Crippen LogP contribution is 2.26. The Kier molecular flexibility index (Phi) is 4.25. The van der Waals surface area contributed by atoms with Crippen LogP contribution in [0.1, 0.15) is 0 Å². The average molecular weight is 405 g/mol. The molecule has 9 heteroatoms. The molecule has 0 amide bonds. The zero-order valence-electron chi connectivity index (χ0n) is 13.5. The monoisotopic (exact) mass is 404 g/mol. The first-order chi connectivity index (χ1) is 12.9. The molecule has 3 N–H and O–H groups in total. The first-order valence-corrected chi connectivity index (χ1v) is 8.53. The van der Waals surface area contributed by atoms with Gasteiger partial charge in [-0.1, -0.05) is 23.2 Å². The van der Waals surface area contributed by atoms with Crippen LogP contribution in [0.15, 0.2) is 58.1 Å². The number of halogens is 3. The van der Waals surface area contributed by atoms with Gasteiger partial charge in [-0.05, 0) is 42.5 Å². The molecule has 0 atom stereocenters. The third kappa shape index (κ3) is 3.34. The molecule has 0 aliphatic carbocycles. The molecule has 2 aromatic heterocycles. The van der Waals surface area contributed by atoms with E-state index in [1.165, 1.54) is 30.3 Å².